The van der Waals surface area contributed by atoms with Crippen molar-refractivity contribution in [2.24, 2.45) is 0 Å². The van der Waals surface area contributed by atoms with Crippen LogP contribution in [0.5, 0.6) is 0 Å². The standard InChI is InChI=1S/C16H13Cl2F2N5S/c17-14-11(8-1-3-9(19)4-2-8)12(20)13-15(22-16(18)23-25(13)14)21-7-10-5-6-26-24-10/h3,5-6,8H,1-2,4,7H2,(H,21,22,23). The van der Waals surface area contributed by atoms with Gasteiger partial charge in [0.2, 0.25) is 5.28 Å². The highest BCUT2D eigenvalue weighted by atomic mass is 35.5. The maximum Gasteiger partial charge on any atom is 0.243 e. The molecule has 0 spiro atoms. The van der Waals surface area contributed by atoms with Crippen LogP contribution in [0.25, 0.3) is 5.52 Å². The molecule has 0 amide bonds. The van der Waals surface area contributed by atoms with E-state index in [0.29, 0.717) is 24.9 Å². The molecule has 0 aliphatic heterocycles. The SMILES string of the molecule is FC1=CCC(c2c(F)c3c(NCc4ccsn4)nc(Cl)nn3c2Cl)CC1. The lowest BCUT2D eigenvalue weighted by Gasteiger charge is -2.18. The van der Waals surface area contributed by atoms with E-state index in [2.05, 4.69) is 19.8 Å². The summed E-state index contributed by atoms with van der Waals surface area (Å²) in [7, 11) is 0. The Morgan fingerprint density at radius 1 is 1.35 bits per heavy atom. The van der Waals surface area contributed by atoms with Gasteiger partial charge in [0, 0.05) is 10.9 Å². The second-order valence-electron chi connectivity index (χ2n) is 5.97. The van der Waals surface area contributed by atoms with E-state index >= 15 is 4.39 Å². The van der Waals surface area contributed by atoms with Gasteiger partial charge in [0.1, 0.15) is 10.7 Å². The summed E-state index contributed by atoms with van der Waals surface area (Å²) in [5.41, 5.74) is 1.25. The molecule has 5 nitrogen and oxygen atoms in total. The van der Waals surface area contributed by atoms with Crippen LogP contribution in [0.1, 0.15) is 36.4 Å². The fourth-order valence-corrected chi connectivity index (χ4v) is 4.17. The first-order chi connectivity index (χ1) is 12.5. The Bertz CT molecular complexity index is 987. The largest absolute Gasteiger partial charge is 0.362 e. The summed E-state index contributed by atoms with van der Waals surface area (Å²) in [6.07, 6.45) is 2.63. The Hall–Kier alpha value is -1.77. The van der Waals surface area contributed by atoms with Gasteiger partial charge < -0.3 is 5.32 Å². The minimum absolute atomic E-state index is 0.0590. The molecule has 0 radical (unpaired) electrons. The highest BCUT2D eigenvalue weighted by Gasteiger charge is 2.29. The van der Waals surface area contributed by atoms with Gasteiger partial charge in [-0.3, -0.25) is 0 Å². The summed E-state index contributed by atoms with van der Waals surface area (Å²) in [6.45, 7) is 0.363. The molecule has 1 aliphatic rings. The summed E-state index contributed by atoms with van der Waals surface area (Å²) >= 11 is 13.7. The second kappa shape index (κ2) is 7.09. The van der Waals surface area contributed by atoms with Gasteiger partial charge >= 0.3 is 0 Å². The van der Waals surface area contributed by atoms with Crippen molar-refractivity contribution in [3.8, 4) is 0 Å². The van der Waals surface area contributed by atoms with Crippen LogP contribution >= 0.6 is 34.7 Å². The van der Waals surface area contributed by atoms with Crippen LogP contribution in [-0.2, 0) is 6.54 Å². The molecular weight excluding hydrogens is 403 g/mol. The highest BCUT2D eigenvalue weighted by molar-refractivity contribution is 7.03. The first-order valence-corrected chi connectivity index (χ1v) is 9.54. The second-order valence-corrected chi connectivity index (χ2v) is 7.34. The summed E-state index contributed by atoms with van der Waals surface area (Å²) in [5, 5.41) is 9.00. The average Bonchev–Trinajstić information content (AvgIpc) is 3.22. The minimum Gasteiger partial charge on any atom is -0.362 e. The van der Waals surface area contributed by atoms with Crippen LogP contribution in [0.15, 0.2) is 23.3 Å². The van der Waals surface area contributed by atoms with Crippen molar-refractivity contribution >= 4 is 46.1 Å². The number of allylic oxidation sites excluding steroid dienone is 2. The maximum absolute atomic E-state index is 15.2. The van der Waals surface area contributed by atoms with Gasteiger partial charge in [0.25, 0.3) is 0 Å². The molecule has 3 heterocycles. The summed E-state index contributed by atoms with van der Waals surface area (Å²) in [6, 6.07) is 1.85. The molecule has 1 atom stereocenters. The summed E-state index contributed by atoms with van der Waals surface area (Å²) in [4.78, 5) is 4.10. The van der Waals surface area contributed by atoms with Crippen molar-refractivity contribution < 1.29 is 8.78 Å². The van der Waals surface area contributed by atoms with Crippen molar-refractivity contribution in [1.82, 2.24) is 19.0 Å². The van der Waals surface area contributed by atoms with Crippen LogP contribution in [0.2, 0.25) is 10.4 Å². The summed E-state index contributed by atoms with van der Waals surface area (Å²) < 4.78 is 34.0. The number of rotatable bonds is 4. The van der Waals surface area contributed by atoms with Gasteiger partial charge in [-0.2, -0.15) is 9.36 Å². The normalized spacial score (nSPS) is 17.5. The van der Waals surface area contributed by atoms with Crippen LogP contribution in [0.4, 0.5) is 14.6 Å². The quantitative estimate of drug-likeness (QED) is 0.622. The lowest BCUT2D eigenvalue weighted by Crippen LogP contribution is -2.06. The number of hydrogen-bond acceptors (Lipinski definition) is 5. The molecule has 3 aromatic heterocycles. The van der Waals surface area contributed by atoms with Crippen LogP contribution in [-0.4, -0.2) is 19.0 Å². The first-order valence-electron chi connectivity index (χ1n) is 7.95. The van der Waals surface area contributed by atoms with E-state index in [4.69, 9.17) is 23.2 Å². The van der Waals surface area contributed by atoms with Crippen molar-refractivity contribution in [2.45, 2.75) is 31.7 Å². The first kappa shape index (κ1) is 17.6. The monoisotopic (exact) mass is 415 g/mol. The lowest BCUT2D eigenvalue weighted by atomic mass is 9.88. The van der Waals surface area contributed by atoms with Crippen molar-refractivity contribution in [2.75, 3.05) is 5.32 Å². The number of anilines is 1. The lowest BCUT2D eigenvalue weighted by molar-refractivity contribution is 0.485. The van der Waals surface area contributed by atoms with E-state index in [1.165, 1.54) is 22.1 Å². The van der Waals surface area contributed by atoms with Gasteiger partial charge in [0.05, 0.1) is 18.1 Å². The van der Waals surface area contributed by atoms with Crippen molar-refractivity contribution in [1.29, 1.82) is 0 Å². The molecule has 10 heteroatoms. The molecule has 0 fully saturated rings. The minimum atomic E-state index is -0.506. The molecule has 136 valence electrons. The number of halogens is 4. The zero-order chi connectivity index (χ0) is 18.3. The van der Waals surface area contributed by atoms with Gasteiger partial charge in [-0.1, -0.05) is 17.7 Å². The Balaban J connectivity index is 1.77. The van der Waals surface area contributed by atoms with Gasteiger partial charge in [-0.25, -0.2) is 13.3 Å². The molecule has 0 saturated heterocycles. The fourth-order valence-electron chi connectivity index (χ4n) is 3.11. The number of nitrogens with zero attached hydrogens (tertiary/aromatic N) is 4. The molecule has 3 aromatic rings. The molecule has 1 aliphatic carbocycles. The molecule has 26 heavy (non-hydrogen) atoms. The third-order valence-corrected chi connectivity index (χ3v) is 5.49. The maximum atomic E-state index is 15.2. The van der Waals surface area contributed by atoms with Crippen LogP contribution in [0.3, 0.4) is 0 Å². The Kier molecular flexibility index (Phi) is 4.81. The van der Waals surface area contributed by atoms with Gasteiger partial charge in [0.15, 0.2) is 11.6 Å². The van der Waals surface area contributed by atoms with Crippen LogP contribution in [0, 0.1) is 5.82 Å². The Morgan fingerprint density at radius 3 is 2.88 bits per heavy atom. The smallest absolute Gasteiger partial charge is 0.243 e. The van der Waals surface area contributed by atoms with Crippen molar-refractivity contribution in [3.05, 3.63) is 50.9 Å². The van der Waals surface area contributed by atoms with E-state index in [1.807, 2.05) is 11.4 Å². The van der Waals surface area contributed by atoms with E-state index in [-0.39, 0.29) is 39.9 Å². The molecule has 1 N–H and O–H groups in total. The van der Waals surface area contributed by atoms with E-state index in [0.717, 1.165) is 5.69 Å². The zero-order valence-corrected chi connectivity index (χ0v) is 15.7. The average molecular weight is 416 g/mol. The zero-order valence-electron chi connectivity index (χ0n) is 13.3. The third kappa shape index (κ3) is 3.17. The summed E-state index contributed by atoms with van der Waals surface area (Å²) in [5.74, 6) is -0.654. The van der Waals surface area contributed by atoms with Gasteiger partial charge in [-0.15, -0.1) is 5.10 Å². The Labute approximate surface area is 161 Å². The highest BCUT2D eigenvalue weighted by Crippen LogP contribution is 2.41. The molecular formula is C16H13Cl2F2N5S. The number of aromatic nitrogens is 4. The van der Waals surface area contributed by atoms with E-state index in [9.17, 15) is 4.39 Å². The molecule has 0 bridgehead atoms. The molecule has 4 rings (SSSR count). The fraction of sp³-hybridized carbons (Fsp3) is 0.312. The van der Waals surface area contributed by atoms with Crippen LogP contribution < -0.4 is 5.32 Å². The van der Waals surface area contributed by atoms with Gasteiger partial charge in [-0.05, 0) is 54.4 Å². The molecule has 1 unspecified atom stereocenters. The predicted octanol–water partition coefficient (Wildman–Crippen LogP) is 5.36. The predicted molar refractivity (Wildman–Crippen MR) is 98.2 cm³/mol. The topological polar surface area (TPSA) is 55.1 Å². The number of hydrogen-bond donors (Lipinski definition) is 1. The molecule has 0 aromatic carbocycles. The van der Waals surface area contributed by atoms with E-state index < -0.39 is 5.82 Å². The number of nitrogens with one attached hydrogen (secondary N) is 1. The molecule has 0 saturated carbocycles. The van der Waals surface area contributed by atoms with Crippen molar-refractivity contribution in [3.63, 3.8) is 0 Å². The Morgan fingerprint density at radius 2 is 2.19 bits per heavy atom. The number of fused-ring (bicyclic) bond motifs is 1. The van der Waals surface area contributed by atoms with E-state index in [1.54, 1.807) is 0 Å². The third-order valence-electron chi connectivity index (χ3n) is 4.37.